The van der Waals surface area contributed by atoms with Gasteiger partial charge < -0.3 is 15.3 Å². The van der Waals surface area contributed by atoms with Crippen molar-refractivity contribution in [3.63, 3.8) is 0 Å². The fraction of sp³-hybridized carbons (Fsp3) is 0.500. The van der Waals surface area contributed by atoms with Crippen LogP contribution in [0, 0.1) is 5.92 Å². The summed E-state index contributed by atoms with van der Waals surface area (Å²) in [5.41, 5.74) is 6.73. The fourth-order valence-corrected chi connectivity index (χ4v) is 2.45. The highest BCUT2D eigenvalue weighted by molar-refractivity contribution is 5.97. The maximum absolute atomic E-state index is 12.2. The first-order valence-corrected chi connectivity index (χ1v) is 7.11. The Balaban J connectivity index is 0.00000242. The molecule has 0 saturated heterocycles. The molecule has 0 spiro atoms. The van der Waals surface area contributed by atoms with Crippen LogP contribution in [0.15, 0.2) is 35.5 Å². The third-order valence-corrected chi connectivity index (χ3v) is 3.80. The van der Waals surface area contributed by atoms with Gasteiger partial charge in [-0.2, -0.15) is 0 Å². The van der Waals surface area contributed by atoms with Crippen molar-refractivity contribution in [3.8, 4) is 0 Å². The number of carbonyl (C=O) groups is 1. The summed E-state index contributed by atoms with van der Waals surface area (Å²) in [6.07, 6.45) is 0.784. The van der Waals surface area contributed by atoms with Gasteiger partial charge >= 0.3 is 5.97 Å². The molecule has 2 unspecified atom stereocenters. The Kier molecular flexibility index (Phi) is 6.38. The largest absolute Gasteiger partial charge is 0.466 e. The number of oxime groups is 1. The Morgan fingerprint density at radius 1 is 1.41 bits per heavy atom. The van der Waals surface area contributed by atoms with E-state index in [-0.39, 0.29) is 24.4 Å². The van der Waals surface area contributed by atoms with Crippen molar-refractivity contribution in [3.05, 3.63) is 35.9 Å². The minimum absolute atomic E-state index is 0. The number of nitrogens with two attached hydrogens (primary N) is 1. The maximum Gasteiger partial charge on any atom is 0.353 e. The zero-order chi connectivity index (χ0) is 15.5. The highest BCUT2D eigenvalue weighted by Gasteiger charge is 2.49. The van der Waals surface area contributed by atoms with Crippen molar-refractivity contribution in [2.24, 2.45) is 16.8 Å². The fourth-order valence-electron chi connectivity index (χ4n) is 2.45. The molecule has 122 valence electrons. The summed E-state index contributed by atoms with van der Waals surface area (Å²) >= 11 is 0. The van der Waals surface area contributed by atoms with E-state index in [4.69, 9.17) is 15.3 Å². The molecule has 1 aromatic carbocycles. The first kappa shape index (κ1) is 18.5. The van der Waals surface area contributed by atoms with Crippen molar-refractivity contribution >= 4 is 24.1 Å². The molecule has 2 N–H and O–H groups in total. The van der Waals surface area contributed by atoms with Gasteiger partial charge in [0.05, 0.1) is 12.8 Å². The predicted molar refractivity (Wildman–Crippen MR) is 88.1 cm³/mol. The van der Waals surface area contributed by atoms with Gasteiger partial charge in [-0.1, -0.05) is 49.3 Å². The summed E-state index contributed by atoms with van der Waals surface area (Å²) in [6.45, 7) is 4.03. The molecule has 0 aromatic heterocycles. The summed E-state index contributed by atoms with van der Waals surface area (Å²) in [4.78, 5) is 17.7. The van der Waals surface area contributed by atoms with Gasteiger partial charge in [-0.05, 0) is 11.5 Å². The summed E-state index contributed by atoms with van der Waals surface area (Å²) in [7, 11) is 1.36. The van der Waals surface area contributed by atoms with Crippen LogP contribution in [0.4, 0.5) is 0 Å². The Labute approximate surface area is 137 Å². The lowest BCUT2D eigenvalue weighted by Crippen LogP contribution is -2.44. The molecule has 22 heavy (non-hydrogen) atoms. The lowest BCUT2D eigenvalue weighted by atomic mass is 9.86. The molecule has 0 saturated carbocycles. The van der Waals surface area contributed by atoms with E-state index in [9.17, 15) is 4.79 Å². The van der Waals surface area contributed by atoms with Crippen molar-refractivity contribution in [2.75, 3.05) is 7.11 Å². The van der Waals surface area contributed by atoms with Crippen molar-refractivity contribution in [2.45, 2.75) is 38.3 Å². The monoisotopic (exact) mass is 326 g/mol. The number of ether oxygens (including phenoxy) is 1. The lowest BCUT2D eigenvalue weighted by molar-refractivity contribution is -0.166. The Morgan fingerprint density at radius 3 is 2.59 bits per heavy atom. The molecule has 2 atom stereocenters. The van der Waals surface area contributed by atoms with Gasteiger partial charge in [0.1, 0.15) is 0 Å². The zero-order valence-corrected chi connectivity index (χ0v) is 13.9. The quantitative estimate of drug-likeness (QED) is 0.843. The maximum atomic E-state index is 12.2. The van der Waals surface area contributed by atoms with E-state index in [2.05, 4.69) is 5.16 Å². The van der Waals surface area contributed by atoms with Gasteiger partial charge in [0.15, 0.2) is 0 Å². The minimum atomic E-state index is -1.10. The number of esters is 1. The average molecular weight is 327 g/mol. The molecule has 0 aliphatic carbocycles. The Hall–Kier alpha value is -1.59. The number of rotatable bonds is 5. The van der Waals surface area contributed by atoms with Gasteiger partial charge in [-0.15, -0.1) is 12.4 Å². The van der Waals surface area contributed by atoms with E-state index in [1.54, 1.807) is 0 Å². The third kappa shape index (κ3) is 3.78. The first-order valence-electron chi connectivity index (χ1n) is 7.11. The van der Waals surface area contributed by atoms with E-state index in [0.29, 0.717) is 18.6 Å². The summed E-state index contributed by atoms with van der Waals surface area (Å²) in [5.74, 6) is -0.182. The number of methoxy groups -OCH3 is 1. The van der Waals surface area contributed by atoms with Gasteiger partial charge in [-0.25, -0.2) is 4.79 Å². The molecular formula is C16H23ClN2O3. The van der Waals surface area contributed by atoms with Crippen LogP contribution in [0.5, 0.6) is 0 Å². The van der Waals surface area contributed by atoms with E-state index in [1.807, 2.05) is 44.2 Å². The molecule has 0 amide bonds. The standard InChI is InChI=1S/C16H22N2O3.ClH/c1-11(2)14(17)13-10-16(21-18-13,15(19)20-3)9-12-7-5-4-6-8-12;/h4-8,11,14H,9-10,17H2,1-3H3;1H. The molecule has 1 heterocycles. The van der Waals surface area contributed by atoms with Gasteiger partial charge in [0, 0.05) is 18.9 Å². The van der Waals surface area contributed by atoms with Crippen LogP contribution in [0.25, 0.3) is 0 Å². The topological polar surface area (TPSA) is 73.9 Å². The van der Waals surface area contributed by atoms with Crippen LogP contribution >= 0.6 is 12.4 Å². The molecular weight excluding hydrogens is 304 g/mol. The molecule has 5 nitrogen and oxygen atoms in total. The van der Waals surface area contributed by atoms with Crippen molar-refractivity contribution < 1.29 is 14.4 Å². The second-order valence-corrected chi connectivity index (χ2v) is 5.77. The average Bonchev–Trinajstić information content (AvgIpc) is 2.91. The molecule has 6 heteroatoms. The van der Waals surface area contributed by atoms with Crippen molar-refractivity contribution in [1.29, 1.82) is 0 Å². The third-order valence-electron chi connectivity index (χ3n) is 3.80. The SMILES string of the molecule is COC(=O)C1(Cc2ccccc2)CC(C(N)C(C)C)=NO1.Cl. The highest BCUT2D eigenvalue weighted by atomic mass is 35.5. The van der Waals surface area contributed by atoms with Crippen LogP contribution in [-0.4, -0.2) is 30.4 Å². The van der Waals surface area contributed by atoms with Gasteiger partial charge in [-0.3, -0.25) is 0 Å². The molecule has 2 rings (SSSR count). The molecule has 0 radical (unpaired) electrons. The zero-order valence-electron chi connectivity index (χ0n) is 13.1. The highest BCUT2D eigenvalue weighted by Crippen LogP contribution is 2.31. The van der Waals surface area contributed by atoms with Crippen molar-refractivity contribution in [1.82, 2.24) is 0 Å². The molecule has 1 aromatic rings. The van der Waals surface area contributed by atoms with E-state index in [1.165, 1.54) is 7.11 Å². The normalized spacial score (nSPS) is 21.6. The molecule has 0 bridgehead atoms. The number of halogens is 1. The van der Waals surface area contributed by atoms with Crippen LogP contribution < -0.4 is 5.73 Å². The van der Waals surface area contributed by atoms with Crippen LogP contribution in [0.1, 0.15) is 25.8 Å². The molecule has 1 aliphatic rings. The molecule has 0 fully saturated rings. The number of nitrogens with zero attached hydrogens (tertiary/aromatic N) is 1. The summed E-state index contributed by atoms with van der Waals surface area (Å²) in [5, 5.41) is 4.07. The number of benzene rings is 1. The summed E-state index contributed by atoms with van der Waals surface area (Å²) in [6, 6.07) is 9.48. The lowest BCUT2D eigenvalue weighted by Gasteiger charge is -2.24. The number of carbonyl (C=O) groups excluding carboxylic acids is 1. The number of hydrogen-bond donors (Lipinski definition) is 1. The van der Waals surface area contributed by atoms with Crippen LogP contribution in [0.2, 0.25) is 0 Å². The smallest absolute Gasteiger partial charge is 0.353 e. The van der Waals surface area contributed by atoms with Gasteiger partial charge in [0.25, 0.3) is 0 Å². The number of hydrogen-bond acceptors (Lipinski definition) is 5. The minimum Gasteiger partial charge on any atom is -0.466 e. The predicted octanol–water partition coefficient (Wildman–Crippen LogP) is 2.32. The second kappa shape index (κ2) is 7.61. The van der Waals surface area contributed by atoms with E-state index >= 15 is 0 Å². The van der Waals surface area contributed by atoms with Crippen LogP contribution in [0.3, 0.4) is 0 Å². The summed E-state index contributed by atoms with van der Waals surface area (Å²) < 4.78 is 4.92. The van der Waals surface area contributed by atoms with Gasteiger partial charge in [0.2, 0.25) is 5.60 Å². The molecule has 1 aliphatic heterocycles. The second-order valence-electron chi connectivity index (χ2n) is 5.77. The van der Waals surface area contributed by atoms with E-state index in [0.717, 1.165) is 5.56 Å². The van der Waals surface area contributed by atoms with Crippen LogP contribution in [-0.2, 0) is 20.8 Å². The first-order chi connectivity index (χ1) is 9.98. The Bertz CT molecular complexity index is 533. The van der Waals surface area contributed by atoms with E-state index < -0.39 is 11.6 Å². The Morgan fingerprint density at radius 2 is 2.05 bits per heavy atom.